The zero-order valence-corrected chi connectivity index (χ0v) is 12.8. The molecule has 2 N–H and O–H groups in total. The van der Waals surface area contributed by atoms with Gasteiger partial charge in [0, 0.05) is 11.8 Å². The number of H-pyrrole nitrogens is 1. The highest BCUT2D eigenvalue weighted by atomic mass is 16.5. The summed E-state index contributed by atoms with van der Waals surface area (Å²) in [5.41, 5.74) is 4.25. The second-order valence-corrected chi connectivity index (χ2v) is 4.97. The molecule has 6 nitrogen and oxygen atoms in total. The lowest BCUT2D eigenvalue weighted by atomic mass is 10.2. The molecule has 24 heavy (non-hydrogen) atoms. The molecule has 0 radical (unpaired) electrons. The summed E-state index contributed by atoms with van der Waals surface area (Å²) in [5, 5.41) is 4.12. The summed E-state index contributed by atoms with van der Waals surface area (Å²) in [5.74, 6) is 1.20. The first-order valence-corrected chi connectivity index (χ1v) is 7.41. The molecular formula is C18H16N4O2. The van der Waals surface area contributed by atoms with Crippen LogP contribution >= 0.6 is 0 Å². The van der Waals surface area contributed by atoms with Crippen LogP contribution in [-0.4, -0.2) is 16.2 Å². The Morgan fingerprint density at radius 1 is 1.08 bits per heavy atom. The van der Waals surface area contributed by atoms with E-state index < -0.39 is 5.69 Å². The third-order valence-electron chi connectivity index (χ3n) is 3.22. The van der Waals surface area contributed by atoms with Crippen molar-refractivity contribution in [1.29, 1.82) is 0 Å². The lowest BCUT2D eigenvalue weighted by Crippen LogP contribution is -2.10. The van der Waals surface area contributed by atoms with Gasteiger partial charge in [-0.3, -0.25) is 10.4 Å². The van der Waals surface area contributed by atoms with E-state index in [9.17, 15) is 4.79 Å². The number of anilines is 1. The fourth-order valence-electron chi connectivity index (χ4n) is 2.06. The van der Waals surface area contributed by atoms with Crippen LogP contribution in [0, 0.1) is 0 Å². The number of nitrogens with zero attached hydrogens (tertiary/aromatic N) is 2. The molecule has 1 aromatic heterocycles. The second-order valence-electron chi connectivity index (χ2n) is 4.97. The number of aromatic nitrogens is 2. The van der Waals surface area contributed by atoms with Crippen LogP contribution in [-0.2, 0) is 6.61 Å². The van der Waals surface area contributed by atoms with Crippen LogP contribution in [0.2, 0.25) is 0 Å². The molecule has 1 heterocycles. The van der Waals surface area contributed by atoms with E-state index in [4.69, 9.17) is 4.74 Å². The van der Waals surface area contributed by atoms with Crippen LogP contribution in [0.25, 0.3) is 0 Å². The summed E-state index contributed by atoms with van der Waals surface area (Å²) >= 11 is 0. The van der Waals surface area contributed by atoms with E-state index in [0.29, 0.717) is 12.4 Å². The molecule has 0 unspecified atom stereocenters. The molecular weight excluding hydrogens is 304 g/mol. The molecule has 2 aromatic carbocycles. The number of ether oxygens (including phenoxy) is 1. The summed E-state index contributed by atoms with van der Waals surface area (Å²) in [7, 11) is 0. The molecule has 0 fully saturated rings. The Morgan fingerprint density at radius 2 is 1.88 bits per heavy atom. The standard InChI is InChI=1S/C18H16N4O2/c23-18-19-11-10-17(21-18)22-20-12-15-8-4-5-9-16(15)24-13-14-6-2-1-3-7-14/h1-12H,13H2,(H2,19,21,22,23). The van der Waals surface area contributed by atoms with Gasteiger partial charge in [0.1, 0.15) is 18.2 Å². The summed E-state index contributed by atoms with van der Waals surface area (Å²) < 4.78 is 5.86. The van der Waals surface area contributed by atoms with Gasteiger partial charge in [-0.25, -0.2) is 9.78 Å². The maximum absolute atomic E-state index is 11.1. The van der Waals surface area contributed by atoms with Gasteiger partial charge in [-0.1, -0.05) is 42.5 Å². The highest BCUT2D eigenvalue weighted by Crippen LogP contribution is 2.17. The largest absolute Gasteiger partial charge is 0.488 e. The van der Waals surface area contributed by atoms with Gasteiger partial charge < -0.3 is 4.74 Å². The van der Waals surface area contributed by atoms with E-state index in [-0.39, 0.29) is 0 Å². The molecule has 3 aromatic rings. The molecule has 6 heteroatoms. The minimum atomic E-state index is -0.429. The molecule has 3 rings (SSSR count). The number of para-hydroxylation sites is 1. The van der Waals surface area contributed by atoms with Crippen molar-refractivity contribution in [1.82, 2.24) is 9.97 Å². The predicted molar refractivity (Wildman–Crippen MR) is 93.3 cm³/mol. The number of hydrogen-bond acceptors (Lipinski definition) is 5. The fourth-order valence-corrected chi connectivity index (χ4v) is 2.06. The highest BCUT2D eigenvalue weighted by molar-refractivity contribution is 5.83. The molecule has 0 aliphatic rings. The van der Waals surface area contributed by atoms with E-state index in [2.05, 4.69) is 20.5 Å². The van der Waals surface area contributed by atoms with Crippen molar-refractivity contribution in [2.75, 3.05) is 5.43 Å². The topological polar surface area (TPSA) is 79.4 Å². The molecule has 0 saturated heterocycles. The highest BCUT2D eigenvalue weighted by Gasteiger charge is 2.01. The lowest BCUT2D eigenvalue weighted by Gasteiger charge is -2.09. The van der Waals surface area contributed by atoms with Gasteiger partial charge in [0.2, 0.25) is 0 Å². The van der Waals surface area contributed by atoms with Crippen LogP contribution in [0.4, 0.5) is 5.82 Å². The van der Waals surface area contributed by atoms with Gasteiger partial charge in [-0.2, -0.15) is 5.10 Å². The molecule has 0 bridgehead atoms. The zero-order valence-electron chi connectivity index (χ0n) is 12.8. The van der Waals surface area contributed by atoms with E-state index in [0.717, 1.165) is 16.9 Å². The Labute approximate surface area is 138 Å². The molecule has 0 aliphatic heterocycles. The average molecular weight is 320 g/mol. The minimum Gasteiger partial charge on any atom is -0.488 e. The van der Waals surface area contributed by atoms with Crippen LogP contribution < -0.4 is 15.9 Å². The second kappa shape index (κ2) is 7.73. The Balaban J connectivity index is 1.67. The number of nitrogens with one attached hydrogen (secondary N) is 2. The van der Waals surface area contributed by atoms with E-state index in [1.807, 2.05) is 54.6 Å². The van der Waals surface area contributed by atoms with Crippen LogP contribution in [0.15, 0.2) is 76.8 Å². The number of hydrogen-bond donors (Lipinski definition) is 2. The van der Waals surface area contributed by atoms with Crippen molar-refractivity contribution in [2.45, 2.75) is 6.61 Å². The number of benzene rings is 2. The van der Waals surface area contributed by atoms with Crippen molar-refractivity contribution in [3.05, 3.63) is 88.5 Å². The molecule has 120 valence electrons. The van der Waals surface area contributed by atoms with Gasteiger partial charge in [0.15, 0.2) is 0 Å². The van der Waals surface area contributed by atoms with Crippen molar-refractivity contribution in [3.63, 3.8) is 0 Å². The predicted octanol–water partition coefficient (Wildman–Crippen LogP) is 2.79. The third-order valence-corrected chi connectivity index (χ3v) is 3.22. The quantitative estimate of drug-likeness (QED) is 0.541. The van der Waals surface area contributed by atoms with Gasteiger partial charge in [0.05, 0.1) is 6.21 Å². The summed E-state index contributed by atoms with van der Waals surface area (Å²) in [6.45, 7) is 0.483. The maximum atomic E-state index is 11.1. The first-order valence-electron chi connectivity index (χ1n) is 7.41. The van der Waals surface area contributed by atoms with Gasteiger partial charge in [-0.15, -0.1) is 0 Å². The molecule has 0 amide bonds. The summed E-state index contributed by atoms with van der Waals surface area (Å²) in [4.78, 5) is 17.2. The van der Waals surface area contributed by atoms with Crippen LogP contribution in [0.3, 0.4) is 0 Å². The minimum absolute atomic E-state index is 0.429. The molecule has 0 atom stereocenters. The molecule has 0 spiro atoms. The maximum Gasteiger partial charge on any atom is 0.346 e. The smallest absolute Gasteiger partial charge is 0.346 e. The van der Waals surface area contributed by atoms with Gasteiger partial charge in [0.25, 0.3) is 0 Å². The van der Waals surface area contributed by atoms with E-state index >= 15 is 0 Å². The van der Waals surface area contributed by atoms with Crippen molar-refractivity contribution < 1.29 is 4.74 Å². The van der Waals surface area contributed by atoms with Crippen molar-refractivity contribution in [3.8, 4) is 5.75 Å². The van der Waals surface area contributed by atoms with E-state index in [1.165, 1.54) is 6.20 Å². The fraction of sp³-hybridized carbons (Fsp3) is 0.0556. The van der Waals surface area contributed by atoms with Crippen molar-refractivity contribution >= 4 is 12.0 Å². The first kappa shape index (κ1) is 15.5. The van der Waals surface area contributed by atoms with Crippen LogP contribution in [0.5, 0.6) is 5.75 Å². The SMILES string of the molecule is O=c1nccc(NN=Cc2ccccc2OCc2ccccc2)[nH]1. The van der Waals surface area contributed by atoms with E-state index in [1.54, 1.807) is 12.3 Å². The average Bonchev–Trinajstić information content (AvgIpc) is 2.62. The lowest BCUT2D eigenvalue weighted by molar-refractivity contribution is 0.306. The molecule has 0 saturated carbocycles. The summed E-state index contributed by atoms with van der Waals surface area (Å²) in [6, 6.07) is 19.2. The summed E-state index contributed by atoms with van der Waals surface area (Å²) in [6.07, 6.45) is 3.05. The number of hydrazone groups is 1. The first-order chi connectivity index (χ1) is 11.8. The Bertz CT molecular complexity index is 875. The Morgan fingerprint density at radius 3 is 2.71 bits per heavy atom. The van der Waals surface area contributed by atoms with Gasteiger partial charge in [-0.05, 0) is 23.8 Å². The molecule has 0 aliphatic carbocycles. The number of aromatic amines is 1. The van der Waals surface area contributed by atoms with Crippen molar-refractivity contribution in [2.24, 2.45) is 5.10 Å². The number of rotatable bonds is 6. The van der Waals surface area contributed by atoms with Crippen LogP contribution in [0.1, 0.15) is 11.1 Å². The monoisotopic (exact) mass is 320 g/mol. The third kappa shape index (κ3) is 4.30. The Hall–Kier alpha value is -3.41. The Kier molecular flexibility index (Phi) is 4.99. The normalized spacial score (nSPS) is 10.7. The zero-order chi connectivity index (χ0) is 16.6. The van der Waals surface area contributed by atoms with Gasteiger partial charge >= 0.3 is 5.69 Å².